The first kappa shape index (κ1) is 32.0. The Morgan fingerprint density at radius 3 is 2.10 bits per heavy atom. The number of carbonyl (C=O) groups is 3. The monoisotopic (exact) mass is 570 g/mol. The number of hydrogen-bond acceptors (Lipinski definition) is 6. The van der Waals surface area contributed by atoms with Crippen LogP contribution in [-0.4, -0.2) is 101 Å². The van der Waals surface area contributed by atoms with E-state index < -0.39 is 18.1 Å². The second-order valence-corrected chi connectivity index (χ2v) is 11.2. The lowest BCUT2D eigenvalue weighted by Gasteiger charge is -2.23. The number of rotatable bonds is 18. The molecule has 3 rings (SSSR count). The summed E-state index contributed by atoms with van der Waals surface area (Å²) in [7, 11) is 6.31. The van der Waals surface area contributed by atoms with Gasteiger partial charge in [-0.2, -0.15) is 0 Å². The summed E-state index contributed by atoms with van der Waals surface area (Å²) in [5.74, 6) is -1.35. The highest BCUT2D eigenvalue weighted by Crippen LogP contribution is 2.44. The van der Waals surface area contributed by atoms with Gasteiger partial charge in [0, 0.05) is 18.9 Å². The average molecular weight is 571 g/mol. The second kappa shape index (κ2) is 16.1. The fourth-order valence-corrected chi connectivity index (χ4v) is 4.65. The van der Waals surface area contributed by atoms with Gasteiger partial charge in [-0.15, -0.1) is 0 Å². The molecule has 10 nitrogen and oxygen atoms in total. The number of carboxylic acid groups (broad SMARTS) is 1. The fourth-order valence-electron chi connectivity index (χ4n) is 4.65. The van der Waals surface area contributed by atoms with Crippen molar-refractivity contribution in [3.63, 3.8) is 0 Å². The molecule has 41 heavy (non-hydrogen) atoms. The Morgan fingerprint density at radius 1 is 0.878 bits per heavy atom. The molecule has 0 saturated heterocycles. The topological polar surface area (TPSA) is 123 Å². The Hall–Kier alpha value is -3.47. The zero-order valence-electron chi connectivity index (χ0n) is 24.4. The van der Waals surface area contributed by atoms with Crippen LogP contribution in [0.4, 0.5) is 4.79 Å². The standard InChI is InChI=1S/C31H43N3O7/c1-34(2,3)17-19-40-21-20-39-18-15-29(35)32-16-9-8-14-28(30(36)37)33-31(38)41-22-27-25-12-6-4-10-23(25)24-11-5-7-13-26(24)27/h4-7,10-13,27-28H,8-9,14-22H2,1-3H3,(H2-,32,33,35,36,37,38)/p+1/t28-/m0/s1. The van der Waals surface area contributed by atoms with Crippen LogP contribution in [0.5, 0.6) is 0 Å². The highest BCUT2D eigenvalue weighted by molar-refractivity contribution is 5.81. The molecule has 10 heteroatoms. The predicted molar refractivity (Wildman–Crippen MR) is 156 cm³/mol. The summed E-state index contributed by atoms with van der Waals surface area (Å²) >= 11 is 0. The Bertz CT molecular complexity index is 1100. The maximum absolute atomic E-state index is 12.5. The number of fused-ring (bicyclic) bond motifs is 3. The van der Waals surface area contributed by atoms with Crippen LogP contribution in [0.1, 0.15) is 42.7 Å². The van der Waals surface area contributed by atoms with Gasteiger partial charge in [-0.1, -0.05) is 48.5 Å². The van der Waals surface area contributed by atoms with Crippen LogP contribution in [0.2, 0.25) is 0 Å². The molecule has 1 aliphatic carbocycles. The van der Waals surface area contributed by atoms with Crippen molar-refractivity contribution in [3.8, 4) is 11.1 Å². The number of benzene rings is 2. The minimum atomic E-state index is -1.12. The van der Waals surface area contributed by atoms with Gasteiger partial charge in [-0.3, -0.25) is 4.79 Å². The molecule has 0 heterocycles. The summed E-state index contributed by atoms with van der Waals surface area (Å²) in [6.45, 7) is 3.37. The molecule has 0 aromatic heterocycles. The Morgan fingerprint density at radius 2 is 1.49 bits per heavy atom. The highest BCUT2D eigenvalue weighted by Gasteiger charge is 2.29. The van der Waals surface area contributed by atoms with Gasteiger partial charge in [-0.05, 0) is 41.5 Å². The van der Waals surface area contributed by atoms with Crippen molar-refractivity contribution in [2.75, 3.05) is 67.3 Å². The summed E-state index contributed by atoms with van der Waals surface area (Å²) in [6, 6.07) is 15.0. The molecule has 0 radical (unpaired) electrons. The maximum Gasteiger partial charge on any atom is 0.407 e. The third-order valence-electron chi connectivity index (χ3n) is 6.93. The number of ether oxygens (including phenoxy) is 3. The summed E-state index contributed by atoms with van der Waals surface area (Å²) in [4.78, 5) is 36.2. The van der Waals surface area contributed by atoms with E-state index in [1.54, 1.807) is 0 Å². The third-order valence-corrected chi connectivity index (χ3v) is 6.93. The first-order valence-electron chi connectivity index (χ1n) is 14.2. The van der Waals surface area contributed by atoms with Crippen molar-refractivity contribution < 1.29 is 38.2 Å². The number of alkyl carbamates (subject to hydrolysis) is 1. The minimum absolute atomic E-state index is 0.100. The number of quaternary nitrogens is 1. The molecule has 0 unspecified atom stereocenters. The van der Waals surface area contributed by atoms with Crippen molar-refractivity contribution in [2.24, 2.45) is 0 Å². The molecule has 2 aromatic rings. The lowest BCUT2D eigenvalue weighted by molar-refractivity contribution is -0.870. The maximum atomic E-state index is 12.5. The van der Waals surface area contributed by atoms with Crippen LogP contribution in [0.3, 0.4) is 0 Å². The predicted octanol–water partition coefficient (Wildman–Crippen LogP) is 3.39. The largest absolute Gasteiger partial charge is 0.480 e. The number of nitrogens with one attached hydrogen (secondary N) is 2. The van der Waals surface area contributed by atoms with E-state index in [1.165, 1.54) is 0 Å². The Labute approximate surface area is 242 Å². The van der Waals surface area contributed by atoms with Gasteiger partial charge >= 0.3 is 12.1 Å². The smallest absolute Gasteiger partial charge is 0.407 e. The highest BCUT2D eigenvalue weighted by atomic mass is 16.5. The van der Waals surface area contributed by atoms with E-state index >= 15 is 0 Å². The van der Waals surface area contributed by atoms with Crippen molar-refractivity contribution in [1.29, 1.82) is 0 Å². The number of hydrogen-bond donors (Lipinski definition) is 3. The molecule has 1 aliphatic rings. The van der Waals surface area contributed by atoms with E-state index in [0.717, 1.165) is 33.3 Å². The molecule has 2 amide bonds. The number of unbranched alkanes of at least 4 members (excludes halogenated alkanes) is 1. The van der Waals surface area contributed by atoms with Gasteiger partial charge in [0.15, 0.2) is 0 Å². The van der Waals surface area contributed by atoms with E-state index in [4.69, 9.17) is 14.2 Å². The van der Waals surface area contributed by atoms with Crippen LogP contribution >= 0.6 is 0 Å². The SMILES string of the molecule is C[N+](C)(C)CCOCCOCCC(=O)NCCCC[C@H](NC(=O)OCC1c2ccccc2-c2ccccc21)C(=O)O. The lowest BCUT2D eigenvalue weighted by atomic mass is 9.98. The summed E-state index contributed by atoms with van der Waals surface area (Å²) < 4.78 is 17.3. The Balaban J connectivity index is 1.28. The van der Waals surface area contributed by atoms with Crippen molar-refractivity contribution >= 4 is 18.0 Å². The van der Waals surface area contributed by atoms with Crippen LogP contribution in [0.25, 0.3) is 11.1 Å². The van der Waals surface area contributed by atoms with Crippen molar-refractivity contribution in [2.45, 2.75) is 37.6 Å². The van der Waals surface area contributed by atoms with Gasteiger partial charge < -0.3 is 34.4 Å². The number of aliphatic carboxylic acids is 1. The molecule has 0 spiro atoms. The van der Waals surface area contributed by atoms with Gasteiger partial charge in [0.2, 0.25) is 5.91 Å². The molecule has 0 bridgehead atoms. The van der Waals surface area contributed by atoms with Gasteiger partial charge in [-0.25, -0.2) is 9.59 Å². The summed E-state index contributed by atoms with van der Waals surface area (Å²) in [5.41, 5.74) is 4.42. The lowest BCUT2D eigenvalue weighted by Crippen LogP contribution is -2.41. The second-order valence-electron chi connectivity index (χ2n) is 11.2. The van der Waals surface area contributed by atoms with Gasteiger partial charge in [0.1, 0.15) is 19.2 Å². The summed E-state index contributed by atoms with van der Waals surface area (Å²) in [5, 5.41) is 14.8. The normalized spacial score (nSPS) is 13.2. The molecule has 0 aliphatic heterocycles. The third kappa shape index (κ3) is 10.8. The molecular formula is C31H44N3O7+. The summed E-state index contributed by atoms with van der Waals surface area (Å²) in [6.07, 6.45) is 0.823. The number of carbonyl (C=O) groups excluding carboxylic acids is 2. The van der Waals surface area contributed by atoms with Crippen LogP contribution in [0, 0.1) is 0 Å². The minimum Gasteiger partial charge on any atom is -0.480 e. The first-order chi connectivity index (χ1) is 19.7. The van der Waals surface area contributed by atoms with Crippen molar-refractivity contribution in [3.05, 3.63) is 59.7 Å². The van der Waals surface area contributed by atoms with Gasteiger partial charge in [0.25, 0.3) is 0 Å². The number of likely N-dealkylation sites (N-methyl/N-ethyl adjacent to an activating group) is 1. The fraction of sp³-hybridized carbons (Fsp3) is 0.516. The van der Waals surface area contributed by atoms with Crippen LogP contribution in [0.15, 0.2) is 48.5 Å². The van der Waals surface area contributed by atoms with Crippen molar-refractivity contribution in [1.82, 2.24) is 10.6 Å². The Kier molecular flexibility index (Phi) is 12.6. The van der Waals surface area contributed by atoms with E-state index in [1.807, 2.05) is 36.4 Å². The molecular weight excluding hydrogens is 526 g/mol. The zero-order chi connectivity index (χ0) is 29.7. The molecule has 3 N–H and O–H groups in total. The van der Waals surface area contributed by atoms with Gasteiger partial charge in [0.05, 0.1) is 47.6 Å². The quantitative estimate of drug-likeness (QED) is 0.185. The zero-order valence-corrected chi connectivity index (χ0v) is 24.4. The van der Waals surface area contributed by atoms with E-state index in [-0.39, 0.29) is 31.3 Å². The van der Waals surface area contributed by atoms with Crippen LogP contribution in [-0.2, 0) is 23.8 Å². The average Bonchev–Trinajstić information content (AvgIpc) is 3.25. The van der Waals surface area contributed by atoms with E-state index in [0.29, 0.717) is 45.8 Å². The molecule has 0 saturated carbocycles. The number of amides is 2. The van der Waals surface area contributed by atoms with E-state index in [9.17, 15) is 19.5 Å². The number of carboxylic acids is 1. The number of nitrogens with zero attached hydrogens (tertiary/aromatic N) is 1. The molecule has 0 fully saturated rings. The first-order valence-corrected chi connectivity index (χ1v) is 14.2. The van der Waals surface area contributed by atoms with E-state index in [2.05, 4.69) is 43.9 Å². The van der Waals surface area contributed by atoms with Crippen LogP contribution < -0.4 is 10.6 Å². The molecule has 224 valence electrons. The molecule has 2 aromatic carbocycles. The molecule has 1 atom stereocenters.